The second-order valence-corrected chi connectivity index (χ2v) is 9.97. The second kappa shape index (κ2) is 11.7. The van der Waals surface area contributed by atoms with Gasteiger partial charge in [0.25, 0.3) is 0 Å². The van der Waals surface area contributed by atoms with Gasteiger partial charge in [-0.25, -0.2) is 22.2 Å². The number of anilines is 2. The maximum atomic E-state index is 14.1. The summed E-state index contributed by atoms with van der Waals surface area (Å²) in [7, 11) is -3.55. The van der Waals surface area contributed by atoms with Crippen LogP contribution in [0.15, 0.2) is 48.7 Å². The molecule has 0 aliphatic rings. The van der Waals surface area contributed by atoms with E-state index in [1.807, 2.05) is 18.7 Å². The summed E-state index contributed by atoms with van der Waals surface area (Å²) in [6.07, 6.45) is 1.51. The highest BCUT2D eigenvalue weighted by Gasteiger charge is 2.16. The zero-order chi connectivity index (χ0) is 25.6. The molecule has 3 aromatic rings. The average Bonchev–Trinajstić information content (AvgIpc) is 2.83. The molecule has 0 bridgehead atoms. The van der Waals surface area contributed by atoms with Crippen molar-refractivity contribution in [3.8, 4) is 16.9 Å². The van der Waals surface area contributed by atoms with Gasteiger partial charge in [0.2, 0.25) is 10.0 Å². The zero-order valence-electron chi connectivity index (χ0n) is 19.4. The van der Waals surface area contributed by atoms with E-state index in [1.165, 1.54) is 6.20 Å². The molecule has 0 saturated heterocycles. The van der Waals surface area contributed by atoms with Gasteiger partial charge in [-0.1, -0.05) is 37.6 Å². The second-order valence-electron chi connectivity index (χ2n) is 7.75. The van der Waals surface area contributed by atoms with Crippen molar-refractivity contribution in [2.45, 2.75) is 20.5 Å². The molecule has 0 amide bonds. The normalized spacial score (nSPS) is 11.6. The Morgan fingerprint density at radius 1 is 1.09 bits per heavy atom. The molecule has 2 aromatic carbocycles. The Labute approximate surface area is 208 Å². The number of nitrogens with one attached hydrogen (secondary N) is 1. The summed E-state index contributed by atoms with van der Waals surface area (Å²) < 4.78 is 61.0. The third-order valence-corrected chi connectivity index (χ3v) is 7.11. The Hall–Kier alpha value is -2.95. The number of hydrogen-bond acceptors (Lipinski definition) is 6. The fourth-order valence-corrected chi connectivity index (χ4v) is 4.66. The van der Waals surface area contributed by atoms with Gasteiger partial charge in [0.1, 0.15) is 18.2 Å². The van der Waals surface area contributed by atoms with E-state index >= 15 is 0 Å². The number of pyridine rings is 1. The lowest BCUT2D eigenvalue weighted by Crippen LogP contribution is -2.31. The molecule has 3 rings (SSSR count). The van der Waals surface area contributed by atoms with Crippen LogP contribution in [-0.2, 0) is 16.6 Å². The molecular formula is C24H27ClF2N4O3S. The number of benzene rings is 2. The predicted molar refractivity (Wildman–Crippen MR) is 135 cm³/mol. The van der Waals surface area contributed by atoms with Crippen molar-refractivity contribution in [3.05, 3.63) is 70.9 Å². The molecule has 11 heteroatoms. The summed E-state index contributed by atoms with van der Waals surface area (Å²) in [6.45, 7) is 5.58. The molecule has 1 heterocycles. The van der Waals surface area contributed by atoms with Crippen LogP contribution < -0.4 is 15.2 Å². The molecule has 35 heavy (non-hydrogen) atoms. The molecule has 0 atom stereocenters. The first-order chi connectivity index (χ1) is 16.6. The molecule has 0 unspecified atom stereocenters. The van der Waals surface area contributed by atoms with Crippen LogP contribution in [0.2, 0.25) is 5.02 Å². The van der Waals surface area contributed by atoms with Crippen molar-refractivity contribution in [1.82, 2.24) is 9.88 Å². The summed E-state index contributed by atoms with van der Waals surface area (Å²) >= 11 is 5.86. The number of nitrogens with zero attached hydrogens (tertiary/aromatic N) is 2. The number of nitrogens with two attached hydrogens (primary N) is 1. The smallest absolute Gasteiger partial charge is 0.233 e. The molecule has 188 valence electrons. The van der Waals surface area contributed by atoms with E-state index in [4.69, 9.17) is 22.1 Å². The minimum atomic E-state index is -3.55. The molecule has 0 radical (unpaired) electrons. The van der Waals surface area contributed by atoms with Gasteiger partial charge in [-0.15, -0.1) is 0 Å². The van der Waals surface area contributed by atoms with Gasteiger partial charge in [0, 0.05) is 29.6 Å². The number of hydrogen-bond donors (Lipinski definition) is 2. The number of nitrogen functional groups attached to an aromatic ring is 1. The van der Waals surface area contributed by atoms with Gasteiger partial charge < -0.3 is 15.4 Å². The van der Waals surface area contributed by atoms with Crippen LogP contribution in [0.4, 0.5) is 20.3 Å². The third-order valence-electron chi connectivity index (χ3n) is 5.43. The first kappa shape index (κ1) is 26.7. The molecule has 1 aromatic heterocycles. The molecule has 0 spiro atoms. The van der Waals surface area contributed by atoms with Crippen molar-refractivity contribution in [2.75, 3.05) is 35.8 Å². The van der Waals surface area contributed by atoms with Crippen LogP contribution in [0.5, 0.6) is 5.75 Å². The first-order valence-corrected chi connectivity index (χ1v) is 13.0. The highest BCUT2D eigenvalue weighted by molar-refractivity contribution is 7.92. The van der Waals surface area contributed by atoms with Gasteiger partial charge in [-0.05, 0) is 49.0 Å². The van der Waals surface area contributed by atoms with E-state index in [9.17, 15) is 17.2 Å². The SMILES string of the molecule is CCN(CC)CCS(=O)(=O)Nc1cccc(-c2cnc(N)c(OCc3c(F)ccc(F)c3Cl)c2)c1. The molecule has 0 aliphatic heterocycles. The van der Waals surface area contributed by atoms with Crippen molar-refractivity contribution in [1.29, 1.82) is 0 Å². The summed E-state index contributed by atoms with van der Waals surface area (Å²) in [4.78, 5) is 6.14. The average molecular weight is 525 g/mol. The monoisotopic (exact) mass is 524 g/mol. The van der Waals surface area contributed by atoms with Gasteiger partial charge in [-0.3, -0.25) is 4.72 Å². The summed E-state index contributed by atoms with van der Waals surface area (Å²) in [5, 5.41) is -0.367. The number of halogens is 3. The molecule has 3 N–H and O–H groups in total. The van der Waals surface area contributed by atoms with Gasteiger partial charge in [0.05, 0.1) is 10.8 Å². The lowest BCUT2D eigenvalue weighted by Gasteiger charge is -2.18. The van der Waals surface area contributed by atoms with E-state index < -0.39 is 21.7 Å². The minimum absolute atomic E-state index is 0.0283. The van der Waals surface area contributed by atoms with E-state index in [2.05, 4.69) is 9.71 Å². The number of aromatic nitrogens is 1. The highest BCUT2D eigenvalue weighted by atomic mass is 35.5. The highest BCUT2D eigenvalue weighted by Crippen LogP contribution is 2.31. The van der Waals surface area contributed by atoms with E-state index in [0.717, 1.165) is 25.2 Å². The summed E-state index contributed by atoms with van der Waals surface area (Å²) in [5.74, 6) is -1.30. The quantitative estimate of drug-likeness (QED) is 0.345. The fourth-order valence-electron chi connectivity index (χ4n) is 3.36. The molecule has 0 saturated carbocycles. The van der Waals surface area contributed by atoms with Crippen LogP contribution in [0.1, 0.15) is 19.4 Å². The molecular weight excluding hydrogens is 498 g/mol. The Morgan fingerprint density at radius 3 is 2.51 bits per heavy atom. The topological polar surface area (TPSA) is 97.6 Å². The fraction of sp³-hybridized carbons (Fsp3) is 0.292. The van der Waals surface area contributed by atoms with E-state index in [0.29, 0.717) is 23.4 Å². The number of rotatable bonds is 11. The zero-order valence-corrected chi connectivity index (χ0v) is 21.0. The Morgan fingerprint density at radius 2 is 1.80 bits per heavy atom. The van der Waals surface area contributed by atoms with Gasteiger partial charge in [-0.2, -0.15) is 0 Å². The Bertz CT molecular complexity index is 1290. The standard InChI is InChI=1S/C24H27ClF2N4O3S/c1-3-31(4-2)10-11-35(32,33)30-18-7-5-6-16(12-18)17-13-22(24(28)29-14-17)34-15-19-20(26)8-9-21(27)23(19)25/h5-9,12-14,30H,3-4,10-11,15H2,1-2H3,(H2,28,29). The lowest BCUT2D eigenvalue weighted by atomic mass is 10.1. The molecule has 0 fully saturated rings. The van der Waals surface area contributed by atoms with Gasteiger partial charge >= 0.3 is 0 Å². The van der Waals surface area contributed by atoms with Crippen LogP contribution in [0, 0.1) is 11.6 Å². The van der Waals surface area contributed by atoms with E-state index in [1.54, 1.807) is 30.3 Å². The lowest BCUT2D eigenvalue weighted by molar-refractivity contribution is 0.300. The minimum Gasteiger partial charge on any atom is -0.485 e. The largest absolute Gasteiger partial charge is 0.485 e. The van der Waals surface area contributed by atoms with Gasteiger partial charge in [0.15, 0.2) is 11.6 Å². The van der Waals surface area contributed by atoms with Crippen LogP contribution in [0.25, 0.3) is 11.1 Å². The van der Waals surface area contributed by atoms with Crippen molar-refractivity contribution in [3.63, 3.8) is 0 Å². The number of sulfonamides is 1. The predicted octanol–water partition coefficient (Wildman–Crippen LogP) is 4.92. The van der Waals surface area contributed by atoms with Crippen LogP contribution in [0.3, 0.4) is 0 Å². The van der Waals surface area contributed by atoms with Crippen molar-refractivity contribution < 1.29 is 21.9 Å². The van der Waals surface area contributed by atoms with Crippen LogP contribution >= 0.6 is 11.6 Å². The molecule has 7 nitrogen and oxygen atoms in total. The third kappa shape index (κ3) is 7.03. The summed E-state index contributed by atoms with van der Waals surface area (Å²) in [6, 6.07) is 10.3. The molecule has 0 aliphatic carbocycles. The maximum absolute atomic E-state index is 14.1. The maximum Gasteiger partial charge on any atom is 0.233 e. The van der Waals surface area contributed by atoms with Crippen LogP contribution in [-0.4, -0.2) is 43.7 Å². The number of ether oxygens (including phenoxy) is 1. The Kier molecular flexibility index (Phi) is 8.87. The van der Waals surface area contributed by atoms with Crippen molar-refractivity contribution >= 4 is 33.1 Å². The van der Waals surface area contributed by atoms with E-state index in [-0.39, 0.29) is 34.5 Å². The Balaban J connectivity index is 1.77. The van der Waals surface area contributed by atoms with Crippen molar-refractivity contribution in [2.24, 2.45) is 0 Å². The summed E-state index contributed by atoms with van der Waals surface area (Å²) in [5.41, 5.74) is 7.40. The first-order valence-electron chi connectivity index (χ1n) is 11.0.